The van der Waals surface area contributed by atoms with Crippen molar-refractivity contribution in [2.45, 2.75) is 25.0 Å². The number of ether oxygens (including phenoxy) is 2. The van der Waals surface area contributed by atoms with Gasteiger partial charge in [-0.25, -0.2) is 0 Å². The van der Waals surface area contributed by atoms with Crippen molar-refractivity contribution in [3.05, 3.63) is 59.7 Å². The van der Waals surface area contributed by atoms with Gasteiger partial charge in [0.25, 0.3) is 5.91 Å². The van der Waals surface area contributed by atoms with Gasteiger partial charge >= 0.3 is 0 Å². The Kier molecular flexibility index (Phi) is 3.41. The van der Waals surface area contributed by atoms with E-state index in [0.29, 0.717) is 23.1 Å². The lowest BCUT2D eigenvalue weighted by Gasteiger charge is -2.30. The Hall–Kier alpha value is -2.53. The zero-order chi connectivity index (χ0) is 16.8. The quantitative estimate of drug-likeness (QED) is 0.845. The Balaban J connectivity index is 1.50. The number of carbonyl (C=O) groups excluding carboxylic acids is 1. The first-order valence-electron chi connectivity index (χ1n) is 8.82. The summed E-state index contributed by atoms with van der Waals surface area (Å²) in [5.41, 5.74) is 1.84. The fraction of sp³-hybridized carbons (Fsp3) is 0.350. The van der Waals surface area contributed by atoms with Crippen LogP contribution in [0.1, 0.15) is 34.9 Å². The molecule has 2 unspecified atom stereocenters. The van der Waals surface area contributed by atoms with Crippen molar-refractivity contribution >= 4 is 5.91 Å². The number of hydrogen-bond acceptors (Lipinski definition) is 4. The van der Waals surface area contributed by atoms with Gasteiger partial charge in [0.2, 0.25) is 6.79 Å². The molecule has 2 saturated heterocycles. The van der Waals surface area contributed by atoms with Crippen LogP contribution in [0.5, 0.6) is 11.5 Å². The molecule has 5 heteroatoms. The Labute approximate surface area is 146 Å². The lowest BCUT2D eigenvalue weighted by Crippen LogP contribution is -2.35. The fourth-order valence-corrected chi connectivity index (χ4v) is 4.27. The highest BCUT2D eigenvalue weighted by atomic mass is 16.7. The van der Waals surface area contributed by atoms with Gasteiger partial charge in [0.15, 0.2) is 11.5 Å². The zero-order valence-electron chi connectivity index (χ0n) is 13.9. The summed E-state index contributed by atoms with van der Waals surface area (Å²) in [5.74, 6) is 1.42. The summed E-state index contributed by atoms with van der Waals surface area (Å²) in [6.45, 7) is 2.06. The highest BCUT2D eigenvalue weighted by Crippen LogP contribution is 2.40. The third kappa shape index (κ3) is 2.38. The van der Waals surface area contributed by atoms with Crippen LogP contribution in [-0.4, -0.2) is 41.6 Å². The molecule has 1 amide bonds. The minimum absolute atomic E-state index is 0.0200. The SMILES string of the molecule is O=C(c1ccc2c(c1)OCO2)N1CC2CCCN2C1c1ccccc1. The van der Waals surface area contributed by atoms with Gasteiger partial charge in [-0.1, -0.05) is 30.3 Å². The van der Waals surface area contributed by atoms with Crippen LogP contribution in [0.15, 0.2) is 48.5 Å². The molecule has 5 nitrogen and oxygen atoms in total. The molecule has 2 aromatic rings. The number of rotatable bonds is 2. The standard InChI is InChI=1S/C20H20N2O3/c23-20(15-8-9-17-18(11-15)25-13-24-17)22-12-16-7-4-10-21(16)19(22)14-5-2-1-3-6-14/h1-3,5-6,8-9,11,16,19H,4,7,10,12-13H2. The molecule has 0 saturated carbocycles. The largest absolute Gasteiger partial charge is 0.454 e. The highest BCUT2D eigenvalue weighted by molar-refractivity contribution is 5.95. The summed E-state index contributed by atoms with van der Waals surface area (Å²) in [4.78, 5) is 17.7. The lowest BCUT2D eigenvalue weighted by atomic mass is 10.1. The van der Waals surface area contributed by atoms with Crippen LogP contribution in [0, 0.1) is 0 Å². The molecule has 2 fully saturated rings. The van der Waals surface area contributed by atoms with E-state index in [-0.39, 0.29) is 18.9 Å². The van der Waals surface area contributed by atoms with Crippen LogP contribution >= 0.6 is 0 Å². The minimum Gasteiger partial charge on any atom is -0.454 e. The molecule has 25 heavy (non-hydrogen) atoms. The monoisotopic (exact) mass is 336 g/mol. The molecule has 2 aromatic carbocycles. The van der Waals surface area contributed by atoms with E-state index in [9.17, 15) is 4.79 Å². The predicted octanol–water partition coefficient (Wildman–Crippen LogP) is 3.03. The summed E-state index contributed by atoms with van der Waals surface area (Å²) in [7, 11) is 0. The van der Waals surface area contributed by atoms with Crippen LogP contribution in [0.4, 0.5) is 0 Å². The molecule has 0 radical (unpaired) electrons. The molecule has 0 bridgehead atoms. The molecule has 0 aromatic heterocycles. The first-order chi connectivity index (χ1) is 12.3. The van der Waals surface area contributed by atoms with E-state index in [1.165, 1.54) is 12.0 Å². The zero-order valence-corrected chi connectivity index (χ0v) is 13.9. The molecule has 3 aliphatic heterocycles. The van der Waals surface area contributed by atoms with Crippen molar-refractivity contribution in [1.29, 1.82) is 0 Å². The van der Waals surface area contributed by atoms with E-state index in [0.717, 1.165) is 19.5 Å². The summed E-state index contributed by atoms with van der Waals surface area (Å²) in [6.07, 6.45) is 2.39. The Bertz CT molecular complexity index is 808. The van der Waals surface area contributed by atoms with Gasteiger partial charge in [-0.15, -0.1) is 0 Å². The van der Waals surface area contributed by atoms with Crippen molar-refractivity contribution < 1.29 is 14.3 Å². The number of amides is 1. The normalized spacial score (nSPS) is 24.6. The molecule has 0 N–H and O–H groups in total. The molecule has 0 spiro atoms. The molecule has 5 rings (SSSR count). The number of benzene rings is 2. The third-order valence-corrected chi connectivity index (χ3v) is 5.42. The molecule has 2 atom stereocenters. The van der Waals surface area contributed by atoms with Crippen molar-refractivity contribution in [3.8, 4) is 11.5 Å². The van der Waals surface area contributed by atoms with Crippen molar-refractivity contribution in [3.63, 3.8) is 0 Å². The van der Waals surface area contributed by atoms with Crippen LogP contribution < -0.4 is 9.47 Å². The van der Waals surface area contributed by atoms with Gasteiger partial charge in [0, 0.05) is 24.7 Å². The number of carbonyl (C=O) groups is 1. The van der Waals surface area contributed by atoms with Gasteiger partial charge in [-0.05, 0) is 36.6 Å². The maximum absolute atomic E-state index is 13.3. The molecule has 3 aliphatic rings. The van der Waals surface area contributed by atoms with E-state index >= 15 is 0 Å². The summed E-state index contributed by atoms with van der Waals surface area (Å²) in [6, 6.07) is 16.3. The summed E-state index contributed by atoms with van der Waals surface area (Å²) >= 11 is 0. The molecule has 0 aliphatic carbocycles. The molecular weight excluding hydrogens is 316 g/mol. The van der Waals surface area contributed by atoms with E-state index in [1.807, 2.05) is 35.2 Å². The third-order valence-electron chi connectivity index (χ3n) is 5.42. The predicted molar refractivity (Wildman–Crippen MR) is 92.5 cm³/mol. The van der Waals surface area contributed by atoms with Gasteiger partial charge in [-0.3, -0.25) is 9.69 Å². The van der Waals surface area contributed by atoms with E-state index < -0.39 is 0 Å². The first-order valence-corrected chi connectivity index (χ1v) is 8.82. The van der Waals surface area contributed by atoms with Crippen molar-refractivity contribution in [1.82, 2.24) is 9.80 Å². The van der Waals surface area contributed by atoms with Crippen LogP contribution in [0.3, 0.4) is 0 Å². The second-order valence-electron chi connectivity index (χ2n) is 6.84. The van der Waals surface area contributed by atoms with Crippen molar-refractivity contribution in [2.75, 3.05) is 19.9 Å². The van der Waals surface area contributed by atoms with Crippen LogP contribution in [-0.2, 0) is 0 Å². The van der Waals surface area contributed by atoms with Gasteiger partial charge in [0.1, 0.15) is 6.17 Å². The summed E-state index contributed by atoms with van der Waals surface area (Å²) < 4.78 is 10.8. The molecule has 3 heterocycles. The number of hydrogen-bond donors (Lipinski definition) is 0. The van der Waals surface area contributed by atoms with Gasteiger partial charge in [-0.2, -0.15) is 0 Å². The minimum atomic E-state index is 0.0200. The number of fused-ring (bicyclic) bond motifs is 2. The van der Waals surface area contributed by atoms with E-state index in [2.05, 4.69) is 17.0 Å². The maximum atomic E-state index is 13.3. The average molecular weight is 336 g/mol. The van der Waals surface area contributed by atoms with Gasteiger partial charge in [0.05, 0.1) is 0 Å². The molecular formula is C20H20N2O3. The Morgan fingerprint density at radius 1 is 1.04 bits per heavy atom. The first kappa shape index (κ1) is 14.8. The summed E-state index contributed by atoms with van der Waals surface area (Å²) in [5, 5.41) is 0. The van der Waals surface area contributed by atoms with E-state index in [1.54, 1.807) is 6.07 Å². The van der Waals surface area contributed by atoms with E-state index in [4.69, 9.17) is 9.47 Å². The van der Waals surface area contributed by atoms with Gasteiger partial charge < -0.3 is 14.4 Å². The van der Waals surface area contributed by atoms with Crippen molar-refractivity contribution in [2.24, 2.45) is 0 Å². The smallest absolute Gasteiger partial charge is 0.255 e. The maximum Gasteiger partial charge on any atom is 0.255 e. The topological polar surface area (TPSA) is 42.0 Å². The fourth-order valence-electron chi connectivity index (χ4n) is 4.27. The Morgan fingerprint density at radius 3 is 2.76 bits per heavy atom. The molecule has 128 valence electrons. The Morgan fingerprint density at radius 2 is 1.88 bits per heavy atom. The van der Waals surface area contributed by atoms with Crippen LogP contribution in [0.25, 0.3) is 0 Å². The van der Waals surface area contributed by atoms with Crippen LogP contribution in [0.2, 0.25) is 0 Å². The highest BCUT2D eigenvalue weighted by Gasteiger charge is 2.44. The lowest BCUT2D eigenvalue weighted by molar-refractivity contribution is 0.0638. The number of nitrogens with zero attached hydrogens (tertiary/aromatic N) is 2. The second kappa shape index (κ2) is 5.77. The second-order valence-corrected chi connectivity index (χ2v) is 6.84. The average Bonchev–Trinajstić information content (AvgIpc) is 3.36.